The van der Waals surface area contributed by atoms with Crippen molar-refractivity contribution in [3.05, 3.63) is 58.6 Å². The van der Waals surface area contributed by atoms with E-state index in [9.17, 15) is 16.8 Å². The average Bonchev–Trinajstić information content (AvgIpc) is 2.73. The summed E-state index contributed by atoms with van der Waals surface area (Å²) in [4.78, 5) is 0.450. The lowest BCUT2D eigenvalue weighted by atomic mass is 9.99. The highest BCUT2D eigenvalue weighted by Crippen LogP contribution is 2.25. The summed E-state index contributed by atoms with van der Waals surface area (Å²) in [7, 11) is -7.28. The molecule has 6 nitrogen and oxygen atoms in total. The van der Waals surface area contributed by atoms with Crippen molar-refractivity contribution >= 4 is 36.0 Å². The van der Waals surface area contributed by atoms with Gasteiger partial charge in [0.2, 0.25) is 20.0 Å². The molecular formula is C20H25BrN2O4S2. The first-order valence-electron chi connectivity index (χ1n) is 9.52. The van der Waals surface area contributed by atoms with Crippen LogP contribution in [0.3, 0.4) is 0 Å². The van der Waals surface area contributed by atoms with Crippen molar-refractivity contribution in [3.8, 4) is 0 Å². The van der Waals surface area contributed by atoms with E-state index in [2.05, 4.69) is 29.8 Å². The molecule has 0 bridgehead atoms. The molecule has 0 aromatic heterocycles. The van der Waals surface area contributed by atoms with Gasteiger partial charge in [0.15, 0.2) is 0 Å². The predicted molar refractivity (Wildman–Crippen MR) is 117 cm³/mol. The zero-order valence-electron chi connectivity index (χ0n) is 16.5. The van der Waals surface area contributed by atoms with Crippen LogP contribution in [0.2, 0.25) is 0 Å². The van der Waals surface area contributed by atoms with Crippen molar-refractivity contribution in [2.45, 2.75) is 36.0 Å². The molecule has 0 amide bonds. The van der Waals surface area contributed by atoms with Crippen molar-refractivity contribution in [2.24, 2.45) is 0 Å². The number of benzene rings is 2. The summed E-state index contributed by atoms with van der Waals surface area (Å²) in [6.45, 7) is 4.72. The van der Waals surface area contributed by atoms with Gasteiger partial charge in [0.25, 0.3) is 0 Å². The Morgan fingerprint density at radius 2 is 1.17 bits per heavy atom. The highest BCUT2D eigenvalue weighted by atomic mass is 79.9. The lowest BCUT2D eigenvalue weighted by Crippen LogP contribution is -2.50. The van der Waals surface area contributed by atoms with Gasteiger partial charge in [0, 0.05) is 30.7 Å². The number of sulfonamides is 2. The SMILES string of the molecule is CCC(C)c1ccc(S(=O)(=O)N2CCN(S(=O)(=O)c3ccc(Br)cc3)CC2)cc1. The Kier molecular flexibility index (Phi) is 6.84. The molecule has 0 N–H and O–H groups in total. The Labute approximate surface area is 181 Å². The molecule has 158 valence electrons. The summed E-state index contributed by atoms with van der Waals surface area (Å²) in [5, 5.41) is 0. The molecule has 1 unspecified atom stereocenters. The lowest BCUT2D eigenvalue weighted by Gasteiger charge is -2.33. The van der Waals surface area contributed by atoms with Crippen LogP contribution in [0, 0.1) is 0 Å². The zero-order valence-corrected chi connectivity index (χ0v) is 19.7. The monoisotopic (exact) mass is 500 g/mol. The van der Waals surface area contributed by atoms with E-state index in [0.29, 0.717) is 5.92 Å². The smallest absolute Gasteiger partial charge is 0.207 e. The predicted octanol–water partition coefficient (Wildman–Crippen LogP) is 3.66. The number of hydrogen-bond donors (Lipinski definition) is 0. The van der Waals surface area contributed by atoms with Gasteiger partial charge in [-0.25, -0.2) is 16.8 Å². The quantitative estimate of drug-likeness (QED) is 0.606. The molecule has 2 aromatic carbocycles. The molecule has 0 radical (unpaired) electrons. The van der Waals surface area contributed by atoms with Gasteiger partial charge >= 0.3 is 0 Å². The minimum Gasteiger partial charge on any atom is -0.207 e. The van der Waals surface area contributed by atoms with Crippen LogP contribution in [0.5, 0.6) is 0 Å². The van der Waals surface area contributed by atoms with E-state index in [1.165, 1.54) is 8.61 Å². The van der Waals surface area contributed by atoms with Crippen LogP contribution in [-0.2, 0) is 20.0 Å². The number of piperazine rings is 1. The van der Waals surface area contributed by atoms with Crippen LogP contribution in [-0.4, -0.2) is 51.6 Å². The maximum atomic E-state index is 13.0. The molecule has 1 heterocycles. The highest BCUT2D eigenvalue weighted by Gasteiger charge is 2.33. The fraction of sp³-hybridized carbons (Fsp3) is 0.400. The number of halogens is 1. The van der Waals surface area contributed by atoms with Gasteiger partial charge in [-0.2, -0.15) is 8.61 Å². The van der Waals surface area contributed by atoms with E-state index in [0.717, 1.165) is 16.5 Å². The van der Waals surface area contributed by atoms with Gasteiger partial charge in [0.05, 0.1) is 9.79 Å². The van der Waals surface area contributed by atoms with Crippen LogP contribution < -0.4 is 0 Å². The average molecular weight is 501 g/mol. The molecule has 9 heteroatoms. The molecule has 1 aliphatic rings. The summed E-state index contributed by atoms with van der Waals surface area (Å²) in [5.74, 6) is 0.374. The van der Waals surface area contributed by atoms with Crippen LogP contribution in [0.15, 0.2) is 62.8 Å². The largest absolute Gasteiger partial charge is 0.243 e. The summed E-state index contributed by atoms with van der Waals surface area (Å²) in [6, 6.07) is 13.4. The van der Waals surface area contributed by atoms with Crippen molar-refractivity contribution in [1.82, 2.24) is 8.61 Å². The summed E-state index contributed by atoms with van der Waals surface area (Å²) in [5.41, 5.74) is 1.11. The number of hydrogen-bond acceptors (Lipinski definition) is 4. The van der Waals surface area contributed by atoms with Crippen molar-refractivity contribution < 1.29 is 16.8 Å². The van der Waals surface area contributed by atoms with Crippen molar-refractivity contribution in [2.75, 3.05) is 26.2 Å². The second-order valence-electron chi connectivity index (χ2n) is 7.14. The maximum Gasteiger partial charge on any atom is 0.243 e. The van der Waals surface area contributed by atoms with E-state index < -0.39 is 20.0 Å². The molecule has 1 atom stereocenters. The van der Waals surface area contributed by atoms with Gasteiger partial charge in [0.1, 0.15) is 0 Å². The molecule has 1 fully saturated rings. The van der Waals surface area contributed by atoms with E-state index >= 15 is 0 Å². The Morgan fingerprint density at radius 1 is 0.793 bits per heavy atom. The maximum absolute atomic E-state index is 13.0. The number of nitrogens with zero attached hydrogens (tertiary/aromatic N) is 2. The van der Waals surface area contributed by atoms with Gasteiger partial charge in [-0.05, 0) is 54.3 Å². The van der Waals surface area contributed by atoms with Gasteiger partial charge < -0.3 is 0 Å². The third-order valence-electron chi connectivity index (χ3n) is 5.35. The first kappa shape index (κ1) is 22.4. The summed E-state index contributed by atoms with van der Waals surface area (Å²) >= 11 is 3.29. The van der Waals surface area contributed by atoms with Crippen molar-refractivity contribution in [1.29, 1.82) is 0 Å². The molecule has 2 aromatic rings. The minimum absolute atomic E-state index is 0.128. The minimum atomic E-state index is -3.64. The van der Waals surface area contributed by atoms with E-state index in [1.807, 2.05) is 12.1 Å². The summed E-state index contributed by atoms with van der Waals surface area (Å²) < 4.78 is 55.0. The molecule has 0 saturated carbocycles. The molecule has 0 aliphatic carbocycles. The molecule has 3 rings (SSSR count). The standard InChI is InChI=1S/C20H25BrN2O4S2/c1-3-16(2)17-4-8-19(9-5-17)28(24,25)22-12-14-23(15-13-22)29(26,27)20-10-6-18(21)7-11-20/h4-11,16H,3,12-15H2,1-2H3. The second kappa shape index (κ2) is 8.85. The Morgan fingerprint density at radius 3 is 1.55 bits per heavy atom. The third kappa shape index (κ3) is 4.74. The van der Waals surface area contributed by atoms with Crippen molar-refractivity contribution in [3.63, 3.8) is 0 Å². The van der Waals surface area contributed by atoms with E-state index in [4.69, 9.17) is 0 Å². The van der Waals surface area contributed by atoms with E-state index in [1.54, 1.807) is 36.4 Å². The van der Waals surface area contributed by atoms with Gasteiger partial charge in [-0.1, -0.05) is 41.9 Å². The molecule has 1 aliphatic heterocycles. The Bertz CT molecular complexity index is 1040. The summed E-state index contributed by atoms with van der Waals surface area (Å²) in [6.07, 6.45) is 0.987. The molecule has 29 heavy (non-hydrogen) atoms. The van der Waals surface area contributed by atoms with E-state index in [-0.39, 0.29) is 36.0 Å². The normalized spacial score (nSPS) is 17.9. The van der Waals surface area contributed by atoms with Crippen LogP contribution in [0.25, 0.3) is 0 Å². The van der Waals surface area contributed by atoms with Crippen LogP contribution >= 0.6 is 15.9 Å². The van der Waals surface area contributed by atoms with Crippen LogP contribution in [0.1, 0.15) is 31.7 Å². The second-order valence-corrected chi connectivity index (χ2v) is 11.9. The van der Waals surface area contributed by atoms with Gasteiger partial charge in [-0.15, -0.1) is 0 Å². The first-order chi connectivity index (χ1) is 13.7. The fourth-order valence-electron chi connectivity index (χ4n) is 3.26. The Hall–Kier alpha value is -1.26. The van der Waals surface area contributed by atoms with Gasteiger partial charge in [-0.3, -0.25) is 0 Å². The first-order valence-corrected chi connectivity index (χ1v) is 13.2. The molecule has 1 saturated heterocycles. The highest BCUT2D eigenvalue weighted by molar-refractivity contribution is 9.10. The molecular weight excluding hydrogens is 476 g/mol. The Balaban J connectivity index is 1.71. The zero-order chi connectivity index (χ0) is 21.2. The topological polar surface area (TPSA) is 74.8 Å². The third-order valence-corrected chi connectivity index (χ3v) is 9.70. The fourth-order valence-corrected chi connectivity index (χ4v) is 6.37. The lowest BCUT2D eigenvalue weighted by molar-refractivity contribution is 0.273. The number of rotatable bonds is 6. The molecule has 0 spiro atoms. The van der Waals surface area contributed by atoms with Crippen LogP contribution in [0.4, 0.5) is 0 Å².